The Morgan fingerprint density at radius 3 is 2.32 bits per heavy atom. The second-order valence-corrected chi connectivity index (χ2v) is 8.34. The van der Waals surface area contributed by atoms with E-state index in [1.54, 1.807) is 0 Å². The number of hydrogen-bond donors (Lipinski definition) is 0. The van der Waals surface area contributed by atoms with Gasteiger partial charge in [0.2, 0.25) is 5.91 Å². The van der Waals surface area contributed by atoms with Crippen molar-refractivity contribution >= 4 is 11.8 Å². The molecule has 1 aliphatic carbocycles. The zero-order valence-electron chi connectivity index (χ0n) is 16.1. The van der Waals surface area contributed by atoms with Gasteiger partial charge in [-0.3, -0.25) is 9.59 Å². The molecule has 3 fully saturated rings. The number of rotatable bonds is 3. The second kappa shape index (κ2) is 6.77. The van der Waals surface area contributed by atoms with E-state index in [1.807, 2.05) is 59.5 Å². The summed E-state index contributed by atoms with van der Waals surface area (Å²) in [5.74, 6) is 0.201. The Hall–Kier alpha value is -2.62. The van der Waals surface area contributed by atoms with Crippen molar-refractivity contribution in [2.75, 3.05) is 13.1 Å². The molecule has 0 aromatic heterocycles. The highest BCUT2D eigenvalue weighted by molar-refractivity contribution is 6.04. The summed E-state index contributed by atoms with van der Waals surface area (Å²) in [5, 5.41) is 0. The van der Waals surface area contributed by atoms with Crippen LogP contribution < -0.4 is 0 Å². The van der Waals surface area contributed by atoms with Gasteiger partial charge in [-0.1, -0.05) is 48.5 Å². The Bertz CT molecular complexity index is 906. The van der Waals surface area contributed by atoms with Crippen molar-refractivity contribution in [1.29, 1.82) is 0 Å². The highest BCUT2D eigenvalue weighted by Crippen LogP contribution is 2.43. The van der Waals surface area contributed by atoms with Crippen LogP contribution in [0.1, 0.15) is 48.9 Å². The number of amides is 2. The van der Waals surface area contributed by atoms with Crippen LogP contribution in [0.3, 0.4) is 0 Å². The summed E-state index contributed by atoms with van der Waals surface area (Å²) in [6, 6.07) is 18.3. The van der Waals surface area contributed by atoms with Gasteiger partial charge in [-0.15, -0.1) is 0 Å². The third-order valence-electron chi connectivity index (χ3n) is 6.61. The lowest BCUT2D eigenvalue weighted by Gasteiger charge is -2.45. The summed E-state index contributed by atoms with van der Waals surface area (Å²) >= 11 is 0. The normalized spacial score (nSPS) is 24.8. The predicted molar refractivity (Wildman–Crippen MR) is 109 cm³/mol. The lowest BCUT2D eigenvalue weighted by molar-refractivity contribution is -0.146. The van der Waals surface area contributed by atoms with E-state index in [2.05, 4.69) is 4.90 Å². The zero-order chi connectivity index (χ0) is 19.1. The van der Waals surface area contributed by atoms with Crippen molar-refractivity contribution in [3.63, 3.8) is 0 Å². The first kappa shape index (κ1) is 17.5. The van der Waals surface area contributed by atoms with Crippen LogP contribution in [0.4, 0.5) is 0 Å². The van der Waals surface area contributed by atoms with Gasteiger partial charge in [-0.05, 0) is 55.7 Å². The van der Waals surface area contributed by atoms with Gasteiger partial charge in [0.25, 0.3) is 5.91 Å². The molecule has 0 radical (unpaired) electrons. The van der Waals surface area contributed by atoms with E-state index in [-0.39, 0.29) is 11.8 Å². The van der Waals surface area contributed by atoms with Crippen LogP contribution in [0, 0.1) is 0 Å². The quantitative estimate of drug-likeness (QED) is 0.811. The van der Waals surface area contributed by atoms with Crippen LogP contribution >= 0.6 is 0 Å². The maximum Gasteiger partial charge on any atom is 0.255 e. The summed E-state index contributed by atoms with van der Waals surface area (Å²) in [6.07, 6.45) is 5.73. The number of likely N-dealkylation sites (tertiary alicyclic amines) is 2. The summed E-state index contributed by atoms with van der Waals surface area (Å²) in [5.41, 5.74) is 2.06. The van der Waals surface area contributed by atoms with Crippen LogP contribution in [0.25, 0.3) is 11.1 Å². The molecule has 1 spiro atoms. The number of piperidine rings is 1. The van der Waals surface area contributed by atoms with E-state index in [9.17, 15) is 9.59 Å². The average Bonchev–Trinajstić information content (AvgIpc) is 3.50. The monoisotopic (exact) mass is 374 g/mol. The van der Waals surface area contributed by atoms with Gasteiger partial charge in [0.05, 0.1) is 0 Å². The maximum atomic E-state index is 13.7. The Kier molecular flexibility index (Phi) is 4.22. The van der Waals surface area contributed by atoms with Gasteiger partial charge in [0.1, 0.15) is 5.54 Å². The van der Waals surface area contributed by atoms with E-state index in [4.69, 9.17) is 0 Å². The molecule has 5 rings (SSSR count). The predicted octanol–water partition coefficient (Wildman–Crippen LogP) is 4.11. The number of benzene rings is 2. The van der Waals surface area contributed by atoms with E-state index in [0.717, 1.165) is 56.2 Å². The lowest BCUT2D eigenvalue weighted by atomic mass is 9.84. The minimum atomic E-state index is -0.623. The molecule has 2 aromatic rings. The first-order valence-electron chi connectivity index (χ1n) is 10.5. The van der Waals surface area contributed by atoms with Crippen LogP contribution in [0.2, 0.25) is 0 Å². The Balaban J connectivity index is 1.51. The van der Waals surface area contributed by atoms with E-state index in [1.165, 1.54) is 0 Å². The molecule has 0 N–H and O–H groups in total. The molecular weight excluding hydrogens is 348 g/mol. The highest BCUT2D eigenvalue weighted by Gasteiger charge is 2.54. The van der Waals surface area contributed by atoms with Gasteiger partial charge in [0.15, 0.2) is 0 Å². The largest absolute Gasteiger partial charge is 0.338 e. The Morgan fingerprint density at radius 2 is 1.57 bits per heavy atom. The summed E-state index contributed by atoms with van der Waals surface area (Å²) in [4.78, 5) is 31.1. The molecule has 2 amide bonds. The number of nitrogens with zero attached hydrogens (tertiary/aromatic N) is 2. The van der Waals surface area contributed by atoms with E-state index < -0.39 is 5.54 Å². The second-order valence-electron chi connectivity index (χ2n) is 8.34. The fraction of sp³-hybridized carbons (Fsp3) is 0.417. The third-order valence-corrected chi connectivity index (χ3v) is 6.61. The van der Waals surface area contributed by atoms with Crippen LogP contribution in [0.5, 0.6) is 0 Å². The first-order valence-corrected chi connectivity index (χ1v) is 10.5. The van der Waals surface area contributed by atoms with Gasteiger partial charge >= 0.3 is 0 Å². The average molecular weight is 374 g/mol. The first-order chi connectivity index (χ1) is 13.7. The van der Waals surface area contributed by atoms with Crippen LogP contribution in [-0.4, -0.2) is 46.3 Å². The Labute approximate surface area is 166 Å². The molecule has 2 saturated heterocycles. The fourth-order valence-corrected chi connectivity index (χ4v) is 5.09. The number of carbonyl (C=O) groups is 2. The van der Waals surface area contributed by atoms with Gasteiger partial charge in [0, 0.05) is 24.7 Å². The molecule has 2 aliphatic heterocycles. The van der Waals surface area contributed by atoms with Crippen molar-refractivity contribution in [1.82, 2.24) is 9.80 Å². The molecule has 3 aliphatic rings. The molecule has 28 heavy (non-hydrogen) atoms. The van der Waals surface area contributed by atoms with Gasteiger partial charge < -0.3 is 9.80 Å². The summed E-state index contributed by atoms with van der Waals surface area (Å²) < 4.78 is 0. The van der Waals surface area contributed by atoms with Crippen LogP contribution in [0.15, 0.2) is 54.6 Å². The molecule has 1 unspecified atom stereocenters. The van der Waals surface area contributed by atoms with Crippen molar-refractivity contribution in [3.05, 3.63) is 60.2 Å². The molecule has 4 heteroatoms. The fourth-order valence-electron chi connectivity index (χ4n) is 5.09. The summed E-state index contributed by atoms with van der Waals surface area (Å²) in [7, 11) is 0. The molecule has 0 bridgehead atoms. The highest BCUT2D eigenvalue weighted by atomic mass is 16.2. The van der Waals surface area contributed by atoms with Gasteiger partial charge in [-0.25, -0.2) is 0 Å². The molecule has 1 atom stereocenters. The molecular formula is C24H26N2O2. The topological polar surface area (TPSA) is 40.6 Å². The molecule has 4 nitrogen and oxygen atoms in total. The lowest BCUT2D eigenvalue weighted by Crippen LogP contribution is -2.61. The minimum Gasteiger partial charge on any atom is -0.338 e. The van der Waals surface area contributed by atoms with Crippen molar-refractivity contribution in [2.24, 2.45) is 0 Å². The molecule has 2 heterocycles. The Morgan fingerprint density at radius 1 is 0.893 bits per heavy atom. The number of hydrogen-bond acceptors (Lipinski definition) is 2. The molecule has 1 saturated carbocycles. The van der Waals surface area contributed by atoms with E-state index >= 15 is 0 Å². The SMILES string of the molecule is O=C(c1ccccc1-c1ccccc1)N1CCCC12CCCN(C1CC1)C2=O. The van der Waals surface area contributed by atoms with Crippen molar-refractivity contribution in [3.8, 4) is 11.1 Å². The van der Waals surface area contributed by atoms with Gasteiger partial charge in [-0.2, -0.15) is 0 Å². The van der Waals surface area contributed by atoms with Crippen molar-refractivity contribution in [2.45, 2.75) is 50.1 Å². The van der Waals surface area contributed by atoms with Crippen LogP contribution in [-0.2, 0) is 4.79 Å². The molecule has 144 valence electrons. The zero-order valence-corrected chi connectivity index (χ0v) is 16.1. The maximum absolute atomic E-state index is 13.7. The smallest absolute Gasteiger partial charge is 0.255 e. The standard InChI is InChI=1S/C24H26N2O2/c27-22(21-11-5-4-10-20(21)18-8-2-1-3-9-18)26-17-7-15-24(26)14-6-16-25(23(24)28)19-12-13-19/h1-5,8-11,19H,6-7,12-17H2. The van der Waals surface area contributed by atoms with E-state index in [0.29, 0.717) is 18.2 Å². The van der Waals surface area contributed by atoms with Crippen molar-refractivity contribution < 1.29 is 9.59 Å². The third kappa shape index (κ3) is 2.74. The minimum absolute atomic E-state index is 0.00273. The summed E-state index contributed by atoms with van der Waals surface area (Å²) in [6.45, 7) is 1.53. The number of carbonyl (C=O) groups excluding carboxylic acids is 2. The molecule has 2 aromatic carbocycles.